The molecule has 0 spiro atoms. The van der Waals surface area contributed by atoms with E-state index in [1.165, 1.54) is 5.01 Å². The van der Waals surface area contributed by atoms with Crippen molar-refractivity contribution in [1.82, 2.24) is 10.4 Å². The summed E-state index contributed by atoms with van der Waals surface area (Å²) in [6, 6.07) is 8.06. The monoisotopic (exact) mass is 222 g/mol. The highest BCUT2D eigenvalue weighted by Gasteiger charge is 2.52. The van der Waals surface area contributed by atoms with Gasteiger partial charge in [-0.2, -0.15) is 0 Å². The minimum atomic E-state index is -2.38. The maximum Gasteiger partial charge on any atom is 0.298 e. The van der Waals surface area contributed by atoms with Crippen LogP contribution in [0, 0.1) is 0 Å². The largest absolute Gasteiger partial charge is 0.357 e. The first kappa shape index (κ1) is 11.1. The first-order valence-electron chi connectivity index (χ1n) is 5.15. The van der Waals surface area contributed by atoms with Crippen LogP contribution in [0.4, 0.5) is 0 Å². The smallest absolute Gasteiger partial charge is 0.298 e. The Morgan fingerprint density at radius 2 is 2.00 bits per heavy atom. The van der Waals surface area contributed by atoms with Crippen LogP contribution in [0.1, 0.15) is 18.5 Å². The van der Waals surface area contributed by atoms with Gasteiger partial charge in [-0.3, -0.25) is 9.80 Å². The number of likely N-dealkylation sites (N-methyl/N-ethyl adjacent to an activating group) is 1. The summed E-state index contributed by atoms with van der Waals surface area (Å²) in [7, 11) is 0. The molecule has 0 bridgehead atoms. The molecule has 1 heterocycles. The fourth-order valence-corrected chi connectivity index (χ4v) is 1.81. The van der Waals surface area contributed by atoms with Gasteiger partial charge in [0, 0.05) is 6.54 Å². The van der Waals surface area contributed by atoms with E-state index in [2.05, 4.69) is 5.43 Å². The van der Waals surface area contributed by atoms with Gasteiger partial charge in [-0.05, 0) is 12.5 Å². The van der Waals surface area contributed by atoms with Crippen molar-refractivity contribution in [3.05, 3.63) is 35.9 Å². The van der Waals surface area contributed by atoms with Gasteiger partial charge in [-0.1, -0.05) is 30.3 Å². The zero-order chi connectivity index (χ0) is 11.8. The molecule has 1 aliphatic heterocycles. The van der Waals surface area contributed by atoms with E-state index >= 15 is 0 Å². The lowest BCUT2D eigenvalue weighted by molar-refractivity contribution is -0.186. The molecule has 86 valence electrons. The number of carbonyl (C=O) groups is 1. The highest BCUT2D eigenvalue weighted by molar-refractivity contribution is 5.86. The first-order valence-corrected chi connectivity index (χ1v) is 5.15. The molecule has 1 saturated heterocycles. The maximum atomic E-state index is 11.6. The summed E-state index contributed by atoms with van der Waals surface area (Å²) in [6.07, 6.45) is 0. The molecule has 1 atom stereocenters. The topological polar surface area (TPSA) is 72.8 Å². The summed E-state index contributed by atoms with van der Waals surface area (Å²) in [5.74, 6) is -3.10. The molecule has 5 nitrogen and oxygen atoms in total. The molecule has 16 heavy (non-hydrogen) atoms. The SMILES string of the molecule is CCN1NC(c2ccccc2)C(O)(O)C1=O. The molecule has 0 aliphatic carbocycles. The van der Waals surface area contributed by atoms with E-state index in [1.54, 1.807) is 31.2 Å². The average Bonchev–Trinajstić information content (AvgIpc) is 2.52. The summed E-state index contributed by atoms with van der Waals surface area (Å²) in [5.41, 5.74) is 3.44. The van der Waals surface area contributed by atoms with Crippen LogP contribution in [0.25, 0.3) is 0 Å². The second-order valence-electron chi connectivity index (χ2n) is 3.75. The van der Waals surface area contributed by atoms with Crippen LogP contribution in [0.5, 0.6) is 0 Å². The van der Waals surface area contributed by atoms with Crippen LogP contribution in [0.2, 0.25) is 0 Å². The van der Waals surface area contributed by atoms with Gasteiger partial charge in [0.25, 0.3) is 11.7 Å². The van der Waals surface area contributed by atoms with E-state index in [0.29, 0.717) is 12.1 Å². The maximum absolute atomic E-state index is 11.6. The normalized spacial score (nSPS) is 23.8. The number of benzene rings is 1. The highest BCUT2D eigenvalue weighted by atomic mass is 16.5. The second kappa shape index (κ2) is 3.86. The molecule has 1 amide bonds. The van der Waals surface area contributed by atoms with Gasteiger partial charge in [-0.15, -0.1) is 0 Å². The molecule has 5 heteroatoms. The lowest BCUT2D eigenvalue weighted by Gasteiger charge is -2.19. The summed E-state index contributed by atoms with van der Waals surface area (Å²) in [4.78, 5) is 11.6. The quantitative estimate of drug-likeness (QED) is 0.605. The third-order valence-corrected chi connectivity index (χ3v) is 2.70. The van der Waals surface area contributed by atoms with Gasteiger partial charge in [0.15, 0.2) is 0 Å². The third kappa shape index (κ3) is 1.59. The molecule has 2 rings (SSSR count). The molecule has 1 aliphatic rings. The summed E-state index contributed by atoms with van der Waals surface area (Å²) < 4.78 is 0. The van der Waals surface area contributed by atoms with E-state index in [0.717, 1.165) is 0 Å². The fourth-order valence-electron chi connectivity index (χ4n) is 1.81. The standard InChI is InChI=1S/C11H14N2O3/c1-2-13-10(14)11(15,16)9(12-13)8-6-4-3-5-7-8/h3-7,9,12,15-16H,2H2,1H3. The fraction of sp³-hybridized carbons (Fsp3) is 0.364. The van der Waals surface area contributed by atoms with Gasteiger partial charge in [0.1, 0.15) is 6.04 Å². The average molecular weight is 222 g/mol. The number of hydrogen-bond acceptors (Lipinski definition) is 4. The molecular formula is C11H14N2O3. The Bertz CT molecular complexity index is 391. The molecular weight excluding hydrogens is 208 g/mol. The minimum absolute atomic E-state index is 0.380. The van der Waals surface area contributed by atoms with E-state index < -0.39 is 17.7 Å². The van der Waals surface area contributed by atoms with E-state index in [-0.39, 0.29) is 0 Å². The Hall–Kier alpha value is -1.43. The Labute approximate surface area is 93.3 Å². The highest BCUT2D eigenvalue weighted by Crippen LogP contribution is 2.30. The van der Waals surface area contributed by atoms with Gasteiger partial charge in [0.05, 0.1) is 0 Å². The van der Waals surface area contributed by atoms with E-state index in [9.17, 15) is 15.0 Å². The number of carbonyl (C=O) groups excluding carboxylic acids is 1. The molecule has 0 saturated carbocycles. The predicted molar refractivity (Wildman–Crippen MR) is 56.9 cm³/mol. The van der Waals surface area contributed by atoms with Crippen LogP contribution < -0.4 is 5.43 Å². The Kier molecular flexibility index (Phi) is 2.67. The number of aliphatic hydroxyl groups is 2. The molecule has 0 aromatic heterocycles. The van der Waals surface area contributed by atoms with Crippen molar-refractivity contribution < 1.29 is 15.0 Å². The summed E-state index contributed by atoms with van der Waals surface area (Å²) in [6.45, 7) is 2.14. The zero-order valence-electron chi connectivity index (χ0n) is 8.92. The lowest BCUT2D eigenvalue weighted by Crippen LogP contribution is -2.42. The lowest BCUT2D eigenvalue weighted by atomic mass is 10.0. The van der Waals surface area contributed by atoms with Crippen molar-refractivity contribution in [1.29, 1.82) is 0 Å². The van der Waals surface area contributed by atoms with Crippen LogP contribution in [-0.2, 0) is 4.79 Å². The van der Waals surface area contributed by atoms with Gasteiger partial charge >= 0.3 is 0 Å². The summed E-state index contributed by atoms with van der Waals surface area (Å²) >= 11 is 0. The number of nitrogens with one attached hydrogen (secondary N) is 1. The molecule has 3 N–H and O–H groups in total. The van der Waals surface area contributed by atoms with E-state index in [1.807, 2.05) is 6.07 Å². The van der Waals surface area contributed by atoms with Crippen LogP contribution >= 0.6 is 0 Å². The minimum Gasteiger partial charge on any atom is -0.357 e. The predicted octanol–water partition coefficient (Wildman–Crippen LogP) is -0.225. The van der Waals surface area contributed by atoms with E-state index in [4.69, 9.17) is 0 Å². The number of rotatable bonds is 2. The Morgan fingerprint density at radius 3 is 2.50 bits per heavy atom. The molecule has 1 aromatic rings. The van der Waals surface area contributed by atoms with Crippen molar-refractivity contribution in [2.45, 2.75) is 18.8 Å². The number of hydrazine groups is 1. The van der Waals surface area contributed by atoms with Crippen molar-refractivity contribution in [2.24, 2.45) is 0 Å². The Balaban J connectivity index is 2.34. The second-order valence-corrected chi connectivity index (χ2v) is 3.75. The van der Waals surface area contributed by atoms with Crippen LogP contribution in [0.15, 0.2) is 30.3 Å². The van der Waals surface area contributed by atoms with Crippen molar-refractivity contribution in [3.63, 3.8) is 0 Å². The van der Waals surface area contributed by atoms with Gasteiger partial charge < -0.3 is 10.2 Å². The number of amides is 1. The van der Waals surface area contributed by atoms with Gasteiger partial charge in [0.2, 0.25) is 0 Å². The zero-order valence-corrected chi connectivity index (χ0v) is 8.92. The molecule has 1 aromatic carbocycles. The first-order chi connectivity index (χ1) is 7.57. The van der Waals surface area contributed by atoms with Crippen LogP contribution in [0.3, 0.4) is 0 Å². The van der Waals surface area contributed by atoms with Crippen LogP contribution in [-0.4, -0.2) is 33.5 Å². The molecule has 1 fully saturated rings. The Morgan fingerprint density at radius 1 is 1.38 bits per heavy atom. The number of hydrogen-bond donors (Lipinski definition) is 3. The van der Waals surface area contributed by atoms with Gasteiger partial charge in [-0.25, -0.2) is 5.43 Å². The van der Waals surface area contributed by atoms with Crippen molar-refractivity contribution in [2.75, 3.05) is 6.54 Å². The van der Waals surface area contributed by atoms with Crippen molar-refractivity contribution >= 4 is 5.91 Å². The molecule has 1 unspecified atom stereocenters. The third-order valence-electron chi connectivity index (χ3n) is 2.70. The number of nitrogens with zero attached hydrogens (tertiary/aromatic N) is 1. The summed E-state index contributed by atoms with van der Waals surface area (Å²) in [5, 5.41) is 20.8. The van der Waals surface area contributed by atoms with Crippen molar-refractivity contribution in [3.8, 4) is 0 Å². The molecule has 0 radical (unpaired) electrons.